The summed E-state index contributed by atoms with van der Waals surface area (Å²) in [7, 11) is -2.18. The standard InChI is InChI=1S/C28H39N5O3S/c1-6-22(3)32(37(34,35)26-15-13-25(36-5)14-16-26)21-27-23(4)29-33(24-11-9-8-10-12-24)28(27)31-19-17-30(7-2)18-20-31/h8-16,22H,6-7,17-21H2,1-5H3/t22-/m0/s1. The fourth-order valence-corrected chi connectivity index (χ4v) is 6.48. The quantitative estimate of drug-likeness (QED) is 0.393. The highest BCUT2D eigenvalue weighted by Crippen LogP contribution is 2.32. The van der Waals surface area contributed by atoms with E-state index in [0.29, 0.717) is 12.2 Å². The Morgan fingerprint density at radius 1 is 1.00 bits per heavy atom. The second kappa shape index (κ2) is 11.7. The Bertz CT molecular complexity index is 1270. The number of likely N-dealkylation sites (N-methyl/N-ethyl adjacent to an activating group) is 1. The number of hydrogen-bond donors (Lipinski definition) is 0. The lowest BCUT2D eigenvalue weighted by molar-refractivity contribution is 0.269. The normalized spacial score (nSPS) is 15.8. The number of ether oxygens (including phenoxy) is 1. The third-order valence-electron chi connectivity index (χ3n) is 7.34. The van der Waals surface area contributed by atoms with Crippen molar-refractivity contribution in [2.45, 2.75) is 51.6 Å². The molecule has 1 atom stereocenters. The van der Waals surface area contributed by atoms with E-state index in [1.165, 1.54) is 0 Å². The number of sulfonamides is 1. The number of piperazine rings is 1. The molecule has 1 fully saturated rings. The summed E-state index contributed by atoms with van der Waals surface area (Å²) < 4.78 is 36.7. The molecule has 1 aromatic heterocycles. The summed E-state index contributed by atoms with van der Waals surface area (Å²) in [6, 6.07) is 16.5. The summed E-state index contributed by atoms with van der Waals surface area (Å²) in [4.78, 5) is 5.06. The first-order valence-corrected chi connectivity index (χ1v) is 14.5. The van der Waals surface area contributed by atoms with Crippen LogP contribution < -0.4 is 9.64 Å². The monoisotopic (exact) mass is 525 g/mol. The number of benzene rings is 2. The van der Waals surface area contributed by atoms with Gasteiger partial charge in [0, 0.05) is 44.3 Å². The van der Waals surface area contributed by atoms with Crippen LogP contribution in [0.2, 0.25) is 0 Å². The molecule has 0 N–H and O–H groups in total. The second-order valence-corrected chi connectivity index (χ2v) is 11.4. The van der Waals surface area contributed by atoms with Gasteiger partial charge in [-0.1, -0.05) is 32.0 Å². The smallest absolute Gasteiger partial charge is 0.243 e. The van der Waals surface area contributed by atoms with Crippen molar-refractivity contribution in [2.24, 2.45) is 0 Å². The molecule has 0 unspecified atom stereocenters. The lowest BCUT2D eigenvalue weighted by Crippen LogP contribution is -2.47. The molecular formula is C28H39N5O3S. The minimum atomic E-state index is -3.75. The Morgan fingerprint density at radius 3 is 2.22 bits per heavy atom. The van der Waals surface area contributed by atoms with E-state index >= 15 is 0 Å². The van der Waals surface area contributed by atoms with Gasteiger partial charge in [0.2, 0.25) is 10.0 Å². The molecule has 0 radical (unpaired) electrons. The van der Waals surface area contributed by atoms with Gasteiger partial charge >= 0.3 is 0 Å². The molecule has 0 spiro atoms. The van der Waals surface area contributed by atoms with Gasteiger partial charge in [-0.05, 0) is 63.2 Å². The summed E-state index contributed by atoms with van der Waals surface area (Å²) in [5.74, 6) is 1.61. The zero-order valence-corrected chi connectivity index (χ0v) is 23.4. The summed E-state index contributed by atoms with van der Waals surface area (Å²) in [6.45, 7) is 13.1. The van der Waals surface area contributed by atoms with Crippen LogP contribution in [0.4, 0.5) is 5.82 Å². The summed E-state index contributed by atoms with van der Waals surface area (Å²) in [5.41, 5.74) is 2.76. The molecule has 2 heterocycles. The van der Waals surface area contributed by atoms with Crippen LogP contribution in [-0.4, -0.2) is 73.3 Å². The molecule has 37 heavy (non-hydrogen) atoms. The van der Waals surface area contributed by atoms with Crippen molar-refractivity contribution in [3.8, 4) is 11.4 Å². The van der Waals surface area contributed by atoms with E-state index in [1.54, 1.807) is 35.7 Å². The average molecular weight is 526 g/mol. The highest BCUT2D eigenvalue weighted by Gasteiger charge is 2.33. The predicted octanol–water partition coefficient (Wildman–Crippen LogP) is 4.32. The third kappa shape index (κ3) is 5.68. The van der Waals surface area contributed by atoms with Crippen molar-refractivity contribution < 1.29 is 13.2 Å². The fraction of sp³-hybridized carbons (Fsp3) is 0.464. The first kappa shape index (κ1) is 27.2. The summed E-state index contributed by atoms with van der Waals surface area (Å²) in [6.07, 6.45) is 0.700. The van der Waals surface area contributed by atoms with E-state index < -0.39 is 10.0 Å². The number of nitrogens with zero attached hydrogens (tertiary/aromatic N) is 5. The maximum Gasteiger partial charge on any atom is 0.243 e. The topological polar surface area (TPSA) is 70.9 Å². The zero-order chi connectivity index (χ0) is 26.6. The van der Waals surface area contributed by atoms with Gasteiger partial charge in [0.1, 0.15) is 11.6 Å². The van der Waals surface area contributed by atoms with E-state index in [1.807, 2.05) is 55.8 Å². The molecule has 200 valence electrons. The highest BCUT2D eigenvalue weighted by molar-refractivity contribution is 7.89. The summed E-state index contributed by atoms with van der Waals surface area (Å²) >= 11 is 0. The minimum Gasteiger partial charge on any atom is -0.497 e. The largest absolute Gasteiger partial charge is 0.497 e. The molecule has 0 amide bonds. The molecule has 1 aliphatic heterocycles. The molecule has 1 saturated heterocycles. The minimum absolute atomic E-state index is 0.184. The SMILES string of the molecule is CC[C@H](C)N(Cc1c(C)nn(-c2ccccc2)c1N1CCN(CC)CC1)S(=O)(=O)c1ccc(OC)cc1. The zero-order valence-electron chi connectivity index (χ0n) is 22.6. The van der Waals surface area contributed by atoms with Crippen molar-refractivity contribution in [1.82, 2.24) is 19.0 Å². The lowest BCUT2D eigenvalue weighted by Gasteiger charge is -2.36. The van der Waals surface area contributed by atoms with Crippen LogP contribution in [0.1, 0.15) is 38.4 Å². The number of anilines is 1. The number of aryl methyl sites for hydroxylation is 1. The number of para-hydroxylation sites is 1. The maximum absolute atomic E-state index is 13.9. The van der Waals surface area contributed by atoms with Crippen LogP contribution in [0, 0.1) is 6.92 Å². The van der Waals surface area contributed by atoms with Crippen LogP contribution in [0.3, 0.4) is 0 Å². The van der Waals surface area contributed by atoms with Gasteiger partial charge in [0.15, 0.2) is 0 Å². The molecule has 8 nitrogen and oxygen atoms in total. The van der Waals surface area contributed by atoms with Crippen LogP contribution in [0.15, 0.2) is 59.5 Å². The third-order valence-corrected chi connectivity index (χ3v) is 9.31. The van der Waals surface area contributed by atoms with E-state index in [-0.39, 0.29) is 17.5 Å². The van der Waals surface area contributed by atoms with Crippen LogP contribution in [-0.2, 0) is 16.6 Å². The Hall–Kier alpha value is -2.88. The van der Waals surface area contributed by atoms with E-state index in [4.69, 9.17) is 9.84 Å². The molecule has 3 aromatic rings. The fourth-order valence-electron chi connectivity index (χ4n) is 4.80. The number of aromatic nitrogens is 2. The molecule has 0 bridgehead atoms. The Morgan fingerprint density at radius 2 is 1.65 bits per heavy atom. The number of methoxy groups -OCH3 is 1. The molecule has 1 aliphatic rings. The number of hydrogen-bond acceptors (Lipinski definition) is 6. The van der Waals surface area contributed by atoms with E-state index in [2.05, 4.69) is 16.7 Å². The van der Waals surface area contributed by atoms with Crippen LogP contribution in [0.25, 0.3) is 5.69 Å². The van der Waals surface area contributed by atoms with Gasteiger partial charge in [-0.25, -0.2) is 13.1 Å². The highest BCUT2D eigenvalue weighted by atomic mass is 32.2. The van der Waals surface area contributed by atoms with E-state index in [9.17, 15) is 8.42 Å². The Balaban J connectivity index is 1.78. The average Bonchev–Trinajstić information content (AvgIpc) is 3.27. The van der Waals surface area contributed by atoms with Crippen LogP contribution >= 0.6 is 0 Å². The van der Waals surface area contributed by atoms with Gasteiger partial charge in [0.05, 0.1) is 23.4 Å². The molecule has 9 heteroatoms. The van der Waals surface area contributed by atoms with E-state index in [0.717, 1.165) is 55.5 Å². The maximum atomic E-state index is 13.9. The molecule has 0 saturated carbocycles. The van der Waals surface area contributed by atoms with Gasteiger partial charge in [-0.2, -0.15) is 9.40 Å². The van der Waals surface area contributed by atoms with Crippen molar-refractivity contribution in [3.63, 3.8) is 0 Å². The van der Waals surface area contributed by atoms with Gasteiger partial charge < -0.3 is 14.5 Å². The lowest BCUT2D eigenvalue weighted by atomic mass is 10.1. The van der Waals surface area contributed by atoms with Gasteiger partial charge in [-0.15, -0.1) is 0 Å². The Kier molecular flexibility index (Phi) is 8.56. The molecule has 2 aromatic carbocycles. The first-order chi connectivity index (χ1) is 17.8. The van der Waals surface area contributed by atoms with Crippen LogP contribution in [0.5, 0.6) is 5.75 Å². The van der Waals surface area contributed by atoms with Crippen molar-refractivity contribution in [2.75, 3.05) is 44.7 Å². The van der Waals surface area contributed by atoms with Gasteiger partial charge in [-0.3, -0.25) is 0 Å². The Labute approximate surface area is 221 Å². The van der Waals surface area contributed by atoms with Crippen molar-refractivity contribution in [3.05, 3.63) is 65.9 Å². The first-order valence-electron chi connectivity index (χ1n) is 13.1. The molecule has 4 rings (SSSR count). The van der Waals surface area contributed by atoms with Gasteiger partial charge in [0.25, 0.3) is 0 Å². The predicted molar refractivity (Wildman–Crippen MR) is 148 cm³/mol. The van der Waals surface area contributed by atoms with Crippen molar-refractivity contribution in [1.29, 1.82) is 0 Å². The second-order valence-electron chi connectivity index (χ2n) is 9.54. The molecular weight excluding hydrogens is 486 g/mol. The molecule has 0 aliphatic carbocycles. The number of rotatable bonds is 10. The van der Waals surface area contributed by atoms with Crippen molar-refractivity contribution >= 4 is 15.8 Å². The summed E-state index contributed by atoms with van der Waals surface area (Å²) in [5, 5.41) is 4.93.